The van der Waals surface area contributed by atoms with Crippen LogP contribution < -0.4 is 10.1 Å². The van der Waals surface area contributed by atoms with Crippen LogP contribution in [0.15, 0.2) is 42.5 Å². The molecule has 0 saturated heterocycles. The lowest BCUT2D eigenvalue weighted by atomic mass is 10.1. The van der Waals surface area contributed by atoms with Crippen molar-refractivity contribution in [1.29, 1.82) is 0 Å². The van der Waals surface area contributed by atoms with Crippen LogP contribution in [0.4, 0.5) is 11.4 Å². The molecule has 7 heteroatoms. The van der Waals surface area contributed by atoms with Gasteiger partial charge in [0.2, 0.25) is 0 Å². The second-order valence-electron chi connectivity index (χ2n) is 4.37. The lowest BCUT2D eigenvalue weighted by molar-refractivity contribution is -0.385. The summed E-state index contributed by atoms with van der Waals surface area (Å²) < 4.78 is 5.29. The van der Waals surface area contributed by atoms with Crippen molar-refractivity contribution in [3.63, 3.8) is 0 Å². The molecule has 0 aliphatic rings. The molecule has 0 heterocycles. The largest absolute Gasteiger partial charge is 0.502 e. The highest BCUT2D eigenvalue weighted by Crippen LogP contribution is 2.26. The molecule has 0 unspecified atom stereocenters. The number of benzene rings is 2. The van der Waals surface area contributed by atoms with Gasteiger partial charge in [-0.15, -0.1) is 0 Å². The van der Waals surface area contributed by atoms with E-state index in [1.54, 1.807) is 24.3 Å². The predicted molar refractivity (Wildman–Crippen MR) is 80.3 cm³/mol. The number of nitro benzene ring substituents is 1. The van der Waals surface area contributed by atoms with Gasteiger partial charge in [-0.2, -0.15) is 0 Å². The molecule has 22 heavy (non-hydrogen) atoms. The molecule has 0 aliphatic carbocycles. The number of hydrogen-bond acceptors (Lipinski definition) is 5. The molecule has 0 atom stereocenters. The van der Waals surface area contributed by atoms with E-state index < -0.39 is 22.3 Å². The molecule has 0 spiro atoms. The van der Waals surface area contributed by atoms with Crippen molar-refractivity contribution in [3.05, 3.63) is 58.1 Å². The molecule has 2 aromatic rings. The molecule has 114 valence electrons. The van der Waals surface area contributed by atoms with Crippen LogP contribution in [-0.4, -0.2) is 22.5 Å². The van der Waals surface area contributed by atoms with Crippen LogP contribution in [0.3, 0.4) is 0 Å². The normalized spacial score (nSPS) is 10.0. The van der Waals surface area contributed by atoms with E-state index in [9.17, 15) is 20.0 Å². The van der Waals surface area contributed by atoms with E-state index in [4.69, 9.17) is 4.74 Å². The summed E-state index contributed by atoms with van der Waals surface area (Å²) in [5, 5.41) is 22.8. The topological polar surface area (TPSA) is 102 Å². The number of rotatable bonds is 5. The Labute approximate surface area is 126 Å². The van der Waals surface area contributed by atoms with Crippen LogP contribution in [0.5, 0.6) is 11.5 Å². The predicted octanol–water partition coefficient (Wildman–Crippen LogP) is 2.95. The Bertz CT molecular complexity index is 698. The minimum Gasteiger partial charge on any atom is -0.502 e. The van der Waals surface area contributed by atoms with Gasteiger partial charge in [0.05, 0.1) is 11.5 Å². The number of aromatic hydroxyl groups is 1. The standard InChI is InChI=1S/C15H14N2O5/c1-2-22-12-6-4-11(5-7-12)16-15(19)10-3-8-13(17(20)21)14(18)9-10/h3-9,18H,2H2,1H3,(H,16,19). The van der Waals surface area contributed by atoms with Crippen LogP contribution in [-0.2, 0) is 0 Å². The molecule has 0 aromatic heterocycles. The van der Waals surface area contributed by atoms with E-state index in [0.29, 0.717) is 18.0 Å². The van der Waals surface area contributed by atoms with Gasteiger partial charge >= 0.3 is 5.69 Å². The zero-order valence-electron chi connectivity index (χ0n) is 11.8. The van der Waals surface area contributed by atoms with Crippen molar-refractivity contribution in [2.24, 2.45) is 0 Å². The number of carbonyl (C=O) groups excluding carboxylic acids is 1. The molecule has 2 rings (SSSR count). The van der Waals surface area contributed by atoms with Gasteiger partial charge in [0.1, 0.15) is 5.75 Å². The van der Waals surface area contributed by atoms with Gasteiger partial charge in [-0.05, 0) is 43.3 Å². The first-order chi connectivity index (χ1) is 10.5. The number of amides is 1. The van der Waals surface area contributed by atoms with Crippen molar-refractivity contribution in [3.8, 4) is 11.5 Å². The van der Waals surface area contributed by atoms with E-state index >= 15 is 0 Å². The number of phenolic OH excluding ortho intramolecular Hbond substituents is 1. The number of nitrogens with zero attached hydrogens (tertiary/aromatic N) is 1. The SMILES string of the molecule is CCOc1ccc(NC(=O)c2ccc([N+](=O)[O-])c(O)c2)cc1. The van der Waals surface area contributed by atoms with Crippen molar-refractivity contribution in [1.82, 2.24) is 0 Å². The zero-order chi connectivity index (χ0) is 16.1. The van der Waals surface area contributed by atoms with Crippen LogP contribution in [0.1, 0.15) is 17.3 Å². The zero-order valence-corrected chi connectivity index (χ0v) is 11.8. The fourth-order valence-corrected chi connectivity index (χ4v) is 1.82. The molecule has 2 aromatic carbocycles. The van der Waals surface area contributed by atoms with Crippen molar-refractivity contribution in [2.75, 3.05) is 11.9 Å². The summed E-state index contributed by atoms with van der Waals surface area (Å²) in [6.07, 6.45) is 0. The van der Waals surface area contributed by atoms with Crippen molar-refractivity contribution < 1.29 is 19.6 Å². The first-order valence-electron chi connectivity index (χ1n) is 6.53. The van der Waals surface area contributed by atoms with Crippen molar-refractivity contribution >= 4 is 17.3 Å². The molecule has 2 N–H and O–H groups in total. The summed E-state index contributed by atoms with van der Waals surface area (Å²) in [5.41, 5.74) is 0.223. The van der Waals surface area contributed by atoms with Gasteiger partial charge in [-0.3, -0.25) is 14.9 Å². The van der Waals surface area contributed by atoms with Gasteiger partial charge in [0, 0.05) is 17.3 Å². The Balaban J connectivity index is 2.11. The van der Waals surface area contributed by atoms with E-state index in [-0.39, 0.29) is 5.56 Å². The molecule has 0 radical (unpaired) electrons. The number of ether oxygens (including phenoxy) is 1. The summed E-state index contributed by atoms with van der Waals surface area (Å²) in [4.78, 5) is 21.9. The molecular formula is C15H14N2O5. The van der Waals surface area contributed by atoms with E-state index in [2.05, 4.69) is 5.32 Å². The number of anilines is 1. The van der Waals surface area contributed by atoms with Gasteiger partial charge in [0.15, 0.2) is 5.75 Å². The number of nitro groups is 1. The third-order valence-corrected chi connectivity index (χ3v) is 2.86. The van der Waals surface area contributed by atoms with Crippen LogP contribution in [0.2, 0.25) is 0 Å². The third-order valence-electron chi connectivity index (χ3n) is 2.86. The number of hydrogen-bond donors (Lipinski definition) is 2. The Morgan fingerprint density at radius 2 is 1.95 bits per heavy atom. The maximum absolute atomic E-state index is 12.0. The number of nitrogens with one attached hydrogen (secondary N) is 1. The van der Waals surface area contributed by atoms with Gasteiger partial charge in [-0.1, -0.05) is 0 Å². The van der Waals surface area contributed by atoms with Gasteiger partial charge in [-0.25, -0.2) is 0 Å². The molecule has 0 saturated carbocycles. The lowest BCUT2D eigenvalue weighted by Crippen LogP contribution is -2.11. The maximum Gasteiger partial charge on any atom is 0.310 e. The van der Waals surface area contributed by atoms with Gasteiger partial charge < -0.3 is 15.2 Å². The lowest BCUT2D eigenvalue weighted by Gasteiger charge is -2.07. The molecule has 0 aliphatic heterocycles. The van der Waals surface area contributed by atoms with E-state index in [0.717, 1.165) is 12.1 Å². The molecular weight excluding hydrogens is 288 g/mol. The average molecular weight is 302 g/mol. The highest BCUT2D eigenvalue weighted by atomic mass is 16.6. The highest BCUT2D eigenvalue weighted by molar-refractivity contribution is 6.04. The molecule has 1 amide bonds. The summed E-state index contributed by atoms with van der Waals surface area (Å²) >= 11 is 0. The second-order valence-corrected chi connectivity index (χ2v) is 4.37. The Morgan fingerprint density at radius 1 is 1.27 bits per heavy atom. The summed E-state index contributed by atoms with van der Waals surface area (Å²) in [7, 11) is 0. The fourth-order valence-electron chi connectivity index (χ4n) is 1.82. The quantitative estimate of drug-likeness (QED) is 0.653. The summed E-state index contributed by atoms with van der Waals surface area (Å²) in [6, 6.07) is 10.2. The van der Waals surface area contributed by atoms with Crippen molar-refractivity contribution in [2.45, 2.75) is 6.92 Å². The van der Waals surface area contributed by atoms with Crippen LogP contribution in [0, 0.1) is 10.1 Å². The second kappa shape index (κ2) is 6.57. The van der Waals surface area contributed by atoms with Gasteiger partial charge in [0.25, 0.3) is 5.91 Å². The Morgan fingerprint density at radius 3 is 2.50 bits per heavy atom. The van der Waals surface area contributed by atoms with E-state index in [1.165, 1.54) is 6.07 Å². The summed E-state index contributed by atoms with van der Waals surface area (Å²) in [5.74, 6) is -0.341. The van der Waals surface area contributed by atoms with Crippen LogP contribution in [0.25, 0.3) is 0 Å². The third kappa shape index (κ3) is 3.51. The molecule has 0 bridgehead atoms. The first-order valence-corrected chi connectivity index (χ1v) is 6.53. The maximum atomic E-state index is 12.0. The summed E-state index contributed by atoms with van der Waals surface area (Å²) in [6.45, 7) is 2.42. The smallest absolute Gasteiger partial charge is 0.310 e. The molecule has 7 nitrogen and oxygen atoms in total. The van der Waals surface area contributed by atoms with E-state index in [1.807, 2.05) is 6.92 Å². The fraction of sp³-hybridized carbons (Fsp3) is 0.133. The Hall–Kier alpha value is -3.09. The molecule has 0 fully saturated rings. The highest BCUT2D eigenvalue weighted by Gasteiger charge is 2.16. The Kier molecular flexibility index (Phi) is 4.57. The first kappa shape index (κ1) is 15.3. The minimum absolute atomic E-state index is 0.122. The monoisotopic (exact) mass is 302 g/mol. The minimum atomic E-state index is -0.719. The number of phenols is 1. The average Bonchev–Trinajstić information content (AvgIpc) is 2.49. The van der Waals surface area contributed by atoms with Crippen LogP contribution >= 0.6 is 0 Å². The number of carbonyl (C=O) groups is 1.